The molecule has 9 heteroatoms. The minimum absolute atomic E-state index is 0.0813. The molecule has 7 nitrogen and oxygen atoms in total. The number of fused-ring (bicyclic) bond motifs is 1. The number of hydrogen-bond acceptors (Lipinski definition) is 5. The van der Waals surface area contributed by atoms with Crippen LogP contribution in [0, 0.1) is 17.1 Å². The van der Waals surface area contributed by atoms with Crippen LogP contribution in [0.15, 0.2) is 84.3 Å². The zero-order valence-electron chi connectivity index (χ0n) is 17.3. The van der Waals surface area contributed by atoms with Crippen molar-refractivity contribution in [3.8, 4) is 28.3 Å². The molecule has 3 heterocycles. The van der Waals surface area contributed by atoms with Gasteiger partial charge in [-0.15, -0.1) is 0 Å². The van der Waals surface area contributed by atoms with E-state index in [1.54, 1.807) is 60.7 Å². The maximum atomic E-state index is 15.1. The third-order valence-corrected chi connectivity index (χ3v) is 7.02. The van der Waals surface area contributed by atoms with Crippen molar-refractivity contribution >= 4 is 21.1 Å². The summed E-state index contributed by atoms with van der Waals surface area (Å²) < 4.78 is 44.7. The SMILES string of the molecule is Cn1cc(-c2cnc3c(c2)c(-c2cccc(C#N)c2F)cn3S(=O)(=O)c2ccccc2)cn1. The summed E-state index contributed by atoms with van der Waals surface area (Å²) >= 11 is 0. The van der Waals surface area contributed by atoms with Gasteiger partial charge in [0.25, 0.3) is 10.0 Å². The summed E-state index contributed by atoms with van der Waals surface area (Å²) in [5.41, 5.74) is 1.94. The van der Waals surface area contributed by atoms with Crippen molar-refractivity contribution in [1.29, 1.82) is 5.26 Å². The van der Waals surface area contributed by atoms with Gasteiger partial charge in [-0.05, 0) is 24.3 Å². The van der Waals surface area contributed by atoms with E-state index in [1.165, 1.54) is 30.5 Å². The lowest BCUT2D eigenvalue weighted by atomic mass is 10.0. The van der Waals surface area contributed by atoms with Gasteiger partial charge in [-0.3, -0.25) is 4.68 Å². The number of aryl methyl sites for hydroxylation is 1. The van der Waals surface area contributed by atoms with Crippen LogP contribution in [-0.4, -0.2) is 27.2 Å². The van der Waals surface area contributed by atoms with E-state index in [9.17, 15) is 13.7 Å². The lowest BCUT2D eigenvalue weighted by Gasteiger charge is -2.07. The molecule has 0 radical (unpaired) electrons. The van der Waals surface area contributed by atoms with Crippen molar-refractivity contribution in [1.82, 2.24) is 18.7 Å². The molecule has 0 unspecified atom stereocenters. The average molecular weight is 457 g/mol. The third kappa shape index (κ3) is 3.37. The molecule has 3 aromatic heterocycles. The van der Waals surface area contributed by atoms with Crippen molar-refractivity contribution in [2.45, 2.75) is 4.90 Å². The van der Waals surface area contributed by atoms with Crippen LogP contribution in [0.25, 0.3) is 33.3 Å². The summed E-state index contributed by atoms with van der Waals surface area (Å²) in [6, 6.07) is 16.0. The van der Waals surface area contributed by atoms with Gasteiger partial charge >= 0.3 is 0 Å². The molecule has 0 aliphatic rings. The predicted molar refractivity (Wildman–Crippen MR) is 121 cm³/mol. The Hall–Kier alpha value is -4.29. The van der Waals surface area contributed by atoms with Gasteiger partial charge in [0.05, 0.1) is 16.7 Å². The Morgan fingerprint density at radius 3 is 2.45 bits per heavy atom. The lowest BCUT2D eigenvalue weighted by Crippen LogP contribution is -2.12. The Morgan fingerprint density at radius 2 is 1.76 bits per heavy atom. The molecule has 33 heavy (non-hydrogen) atoms. The van der Waals surface area contributed by atoms with E-state index in [1.807, 2.05) is 6.07 Å². The molecule has 2 aromatic carbocycles. The highest BCUT2D eigenvalue weighted by Gasteiger charge is 2.24. The van der Waals surface area contributed by atoms with Gasteiger partial charge in [0.15, 0.2) is 5.65 Å². The van der Waals surface area contributed by atoms with Crippen LogP contribution in [-0.2, 0) is 17.1 Å². The molecular formula is C24H16FN5O2S. The number of nitriles is 1. The molecule has 0 bridgehead atoms. The first kappa shape index (κ1) is 20.6. The normalized spacial score (nSPS) is 11.5. The van der Waals surface area contributed by atoms with Gasteiger partial charge in [-0.2, -0.15) is 10.4 Å². The summed E-state index contributed by atoms with van der Waals surface area (Å²) in [7, 11) is -2.22. The monoisotopic (exact) mass is 457 g/mol. The average Bonchev–Trinajstić information content (AvgIpc) is 3.43. The first-order chi connectivity index (χ1) is 15.9. The largest absolute Gasteiger partial charge is 0.275 e. The van der Waals surface area contributed by atoms with Crippen molar-refractivity contribution in [2.75, 3.05) is 0 Å². The molecular weight excluding hydrogens is 441 g/mol. The first-order valence-electron chi connectivity index (χ1n) is 9.90. The van der Waals surface area contributed by atoms with Gasteiger partial charge in [0.1, 0.15) is 11.9 Å². The third-order valence-electron chi connectivity index (χ3n) is 5.36. The van der Waals surface area contributed by atoms with E-state index in [0.717, 1.165) is 9.54 Å². The van der Waals surface area contributed by atoms with Crippen molar-refractivity contribution < 1.29 is 12.8 Å². The fraction of sp³-hybridized carbons (Fsp3) is 0.0417. The molecule has 0 saturated heterocycles. The molecule has 5 rings (SSSR count). The summed E-state index contributed by atoms with van der Waals surface area (Å²) in [6.07, 6.45) is 6.38. The summed E-state index contributed by atoms with van der Waals surface area (Å²) in [5.74, 6) is -0.720. The number of halogens is 1. The van der Waals surface area contributed by atoms with Gasteiger partial charge in [0, 0.05) is 53.3 Å². The standard InChI is InChI=1S/C24H16FN5O2S/c1-29-14-18(13-28-29)17-10-21-22(20-9-5-6-16(11-26)23(20)25)15-30(24(21)27-12-17)33(31,32)19-7-3-2-4-8-19/h2-10,12-15H,1H3. The zero-order chi connectivity index (χ0) is 23.2. The second kappa shape index (κ2) is 7.69. The van der Waals surface area contributed by atoms with E-state index in [2.05, 4.69) is 10.1 Å². The molecule has 0 N–H and O–H groups in total. The first-order valence-corrected chi connectivity index (χ1v) is 11.3. The highest BCUT2D eigenvalue weighted by molar-refractivity contribution is 7.90. The molecule has 0 fully saturated rings. The molecule has 0 amide bonds. The topological polar surface area (TPSA) is 93.6 Å². The number of aromatic nitrogens is 4. The second-order valence-corrected chi connectivity index (χ2v) is 9.25. The van der Waals surface area contributed by atoms with Crippen LogP contribution in [0.2, 0.25) is 0 Å². The van der Waals surface area contributed by atoms with Crippen molar-refractivity contribution in [2.24, 2.45) is 7.05 Å². The van der Waals surface area contributed by atoms with E-state index in [4.69, 9.17) is 0 Å². The van der Waals surface area contributed by atoms with Crippen molar-refractivity contribution in [3.05, 3.63) is 90.8 Å². The Kier molecular flexibility index (Phi) is 4.80. The quantitative estimate of drug-likeness (QED) is 0.400. The molecule has 0 aliphatic heterocycles. The lowest BCUT2D eigenvalue weighted by molar-refractivity contribution is 0.588. The summed E-state index contributed by atoms with van der Waals surface area (Å²) in [6.45, 7) is 0. The van der Waals surface area contributed by atoms with Crippen LogP contribution in [0.5, 0.6) is 0 Å². The molecule has 0 saturated carbocycles. The van der Waals surface area contributed by atoms with Gasteiger partial charge in [-0.25, -0.2) is 21.8 Å². The predicted octanol–water partition coefficient (Wildman–Crippen LogP) is 4.35. The Bertz CT molecular complexity index is 1660. The van der Waals surface area contributed by atoms with E-state index in [0.29, 0.717) is 16.5 Å². The Balaban J connectivity index is 1.83. The molecule has 5 aromatic rings. The number of pyridine rings is 1. The fourth-order valence-electron chi connectivity index (χ4n) is 3.74. The second-order valence-electron chi connectivity index (χ2n) is 7.43. The molecule has 0 aliphatic carbocycles. The van der Waals surface area contributed by atoms with E-state index >= 15 is 4.39 Å². The Labute approximate surface area is 189 Å². The number of rotatable bonds is 4. The zero-order valence-corrected chi connectivity index (χ0v) is 18.2. The number of benzene rings is 2. The molecule has 0 spiro atoms. The highest BCUT2D eigenvalue weighted by atomic mass is 32.2. The van der Waals surface area contributed by atoms with E-state index < -0.39 is 15.8 Å². The number of hydrogen-bond donors (Lipinski definition) is 0. The van der Waals surface area contributed by atoms with Crippen LogP contribution >= 0.6 is 0 Å². The number of nitrogens with zero attached hydrogens (tertiary/aromatic N) is 5. The maximum absolute atomic E-state index is 15.1. The van der Waals surface area contributed by atoms with Crippen LogP contribution in [0.1, 0.15) is 5.56 Å². The van der Waals surface area contributed by atoms with Crippen LogP contribution in [0.3, 0.4) is 0 Å². The Morgan fingerprint density at radius 1 is 0.970 bits per heavy atom. The molecule has 162 valence electrons. The highest BCUT2D eigenvalue weighted by Crippen LogP contribution is 2.36. The van der Waals surface area contributed by atoms with Crippen molar-refractivity contribution in [3.63, 3.8) is 0 Å². The fourth-order valence-corrected chi connectivity index (χ4v) is 5.08. The smallest absolute Gasteiger partial charge is 0.269 e. The minimum atomic E-state index is -4.00. The molecule has 0 atom stereocenters. The van der Waals surface area contributed by atoms with Gasteiger partial charge < -0.3 is 0 Å². The van der Waals surface area contributed by atoms with Gasteiger partial charge in [0.2, 0.25) is 0 Å². The van der Waals surface area contributed by atoms with Crippen LogP contribution < -0.4 is 0 Å². The minimum Gasteiger partial charge on any atom is -0.275 e. The maximum Gasteiger partial charge on any atom is 0.269 e. The van der Waals surface area contributed by atoms with Gasteiger partial charge in [-0.1, -0.05) is 30.3 Å². The summed E-state index contributed by atoms with van der Waals surface area (Å²) in [4.78, 5) is 4.52. The summed E-state index contributed by atoms with van der Waals surface area (Å²) in [5, 5.41) is 13.9. The van der Waals surface area contributed by atoms with Crippen LogP contribution in [0.4, 0.5) is 4.39 Å². The van der Waals surface area contributed by atoms with E-state index in [-0.39, 0.29) is 21.7 Å².